The number of carbonyl (C=O) groups is 3. The molecule has 8 heteroatoms. The minimum atomic E-state index is -0.577. The molecule has 0 saturated carbocycles. The Bertz CT molecular complexity index is 740. The summed E-state index contributed by atoms with van der Waals surface area (Å²) < 4.78 is 0. The molecule has 0 aliphatic carbocycles. The maximum Gasteiger partial charge on any atom is 0.255 e. The van der Waals surface area contributed by atoms with Crippen molar-refractivity contribution in [2.75, 3.05) is 24.5 Å². The lowest BCUT2D eigenvalue weighted by Crippen LogP contribution is -2.52. The fraction of sp³-hybridized carbons (Fsp3) is 0.550. The minimum Gasteiger partial charge on any atom is -0.371 e. The van der Waals surface area contributed by atoms with Gasteiger partial charge < -0.3 is 15.5 Å². The second kappa shape index (κ2) is 9.89. The van der Waals surface area contributed by atoms with Crippen LogP contribution in [0.4, 0.5) is 5.69 Å². The first-order chi connectivity index (χ1) is 13.1. The van der Waals surface area contributed by atoms with Crippen molar-refractivity contribution in [3.63, 3.8) is 0 Å². The monoisotopic (exact) mass is 408 g/mol. The number of nitrogens with one attached hydrogen (secondary N) is 1. The van der Waals surface area contributed by atoms with Crippen LogP contribution in [0.1, 0.15) is 54.9 Å². The highest BCUT2D eigenvalue weighted by molar-refractivity contribution is 6.06. The Morgan fingerprint density at radius 2 is 2.00 bits per heavy atom. The van der Waals surface area contributed by atoms with E-state index in [0.29, 0.717) is 25.1 Å². The van der Waals surface area contributed by atoms with E-state index in [0.717, 1.165) is 43.6 Å². The molecule has 3 N–H and O–H groups in total. The number of rotatable bonds is 8. The topological polar surface area (TPSA) is 95.7 Å². The number of nitrogens with two attached hydrogens (primary N) is 1. The predicted octanol–water partition coefficient (Wildman–Crippen LogP) is 1.82. The Morgan fingerprint density at radius 3 is 2.68 bits per heavy atom. The molecule has 0 aromatic heterocycles. The van der Waals surface area contributed by atoms with Gasteiger partial charge in [0.05, 0.1) is 0 Å². The minimum absolute atomic E-state index is 0. The zero-order chi connectivity index (χ0) is 19.4. The number of fused-ring (bicyclic) bond motifs is 1. The van der Waals surface area contributed by atoms with Gasteiger partial charge in [-0.1, -0.05) is 13.0 Å². The van der Waals surface area contributed by atoms with Gasteiger partial charge in [-0.15, -0.1) is 12.4 Å². The van der Waals surface area contributed by atoms with Gasteiger partial charge in [-0.2, -0.15) is 0 Å². The van der Waals surface area contributed by atoms with Crippen molar-refractivity contribution < 1.29 is 14.4 Å². The molecule has 2 aliphatic rings. The van der Waals surface area contributed by atoms with Crippen LogP contribution in [0, 0.1) is 0 Å². The van der Waals surface area contributed by atoms with Crippen molar-refractivity contribution in [2.24, 2.45) is 5.73 Å². The summed E-state index contributed by atoms with van der Waals surface area (Å²) in [5.74, 6) is -0.766. The van der Waals surface area contributed by atoms with Crippen LogP contribution >= 0.6 is 12.4 Å². The van der Waals surface area contributed by atoms with Crippen molar-refractivity contribution in [1.29, 1.82) is 0 Å². The van der Waals surface area contributed by atoms with E-state index in [1.54, 1.807) is 4.90 Å². The molecule has 1 aromatic carbocycles. The number of hydrogen-bond acceptors (Lipinski definition) is 5. The first-order valence-corrected chi connectivity index (χ1v) is 9.78. The molecule has 0 spiro atoms. The summed E-state index contributed by atoms with van der Waals surface area (Å²) in [7, 11) is 0. The Balaban J connectivity index is 0.00000280. The van der Waals surface area contributed by atoms with Crippen LogP contribution in [-0.2, 0) is 16.1 Å². The molecule has 1 fully saturated rings. The smallest absolute Gasteiger partial charge is 0.255 e. The number of nitrogens with zero attached hydrogens (tertiary/aromatic N) is 2. The van der Waals surface area contributed by atoms with Crippen LogP contribution in [0.25, 0.3) is 0 Å². The summed E-state index contributed by atoms with van der Waals surface area (Å²) in [6.45, 7) is 5.03. The average molecular weight is 409 g/mol. The first kappa shape index (κ1) is 22.2. The van der Waals surface area contributed by atoms with Gasteiger partial charge in [-0.25, -0.2) is 0 Å². The summed E-state index contributed by atoms with van der Waals surface area (Å²) >= 11 is 0. The lowest BCUT2D eigenvalue weighted by atomic mass is 10.0. The zero-order valence-corrected chi connectivity index (χ0v) is 17.1. The second-order valence-electron chi connectivity index (χ2n) is 7.19. The van der Waals surface area contributed by atoms with Gasteiger partial charge in [0.25, 0.3) is 5.91 Å². The van der Waals surface area contributed by atoms with E-state index in [-0.39, 0.29) is 36.5 Å². The van der Waals surface area contributed by atoms with E-state index < -0.39 is 6.04 Å². The number of hydrogen-bond donors (Lipinski definition) is 2. The molecule has 2 heterocycles. The standard InChI is InChI=1S/C20H28N4O3.ClH/c1-2-11-23(12-4-3-10-21)16-7-5-6-14-15(16)13-24(20(14)27)17-8-9-18(25)22-19(17)26;/h5-7,17H,2-4,8-13,21H2,1H3,(H,22,25,26);1H. The van der Waals surface area contributed by atoms with Gasteiger partial charge in [0.15, 0.2) is 0 Å². The van der Waals surface area contributed by atoms with Crippen molar-refractivity contribution in [2.45, 2.75) is 51.6 Å². The summed E-state index contributed by atoms with van der Waals surface area (Å²) in [6, 6.07) is 5.22. The molecule has 28 heavy (non-hydrogen) atoms. The molecule has 1 atom stereocenters. The maximum atomic E-state index is 12.9. The molecule has 3 amide bonds. The second-order valence-corrected chi connectivity index (χ2v) is 7.19. The van der Waals surface area contributed by atoms with E-state index in [4.69, 9.17) is 5.73 Å². The van der Waals surface area contributed by atoms with Gasteiger partial charge in [-0.3, -0.25) is 19.7 Å². The van der Waals surface area contributed by atoms with E-state index in [9.17, 15) is 14.4 Å². The molecule has 154 valence electrons. The fourth-order valence-corrected chi connectivity index (χ4v) is 3.94. The largest absolute Gasteiger partial charge is 0.371 e. The van der Waals surface area contributed by atoms with Crippen LogP contribution in [0.5, 0.6) is 0 Å². The molecule has 0 bridgehead atoms. The van der Waals surface area contributed by atoms with Crippen LogP contribution in [0.15, 0.2) is 18.2 Å². The Hall–Kier alpha value is -2.12. The Morgan fingerprint density at radius 1 is 1.21 bits per heavy atom. The van der Waals surface area contributed by atoms with Crippen molar-refractivity contribution in [3.05, 3.63) is 29.3 Å². The molecular formula is C20H29ClN4O3. The predicted molar refractivity (Wildman–Crippen MR) is 111 cm³/mol. The van der Waals surface area contributed by atoms with E-state index in [1.165, 1.54) is 0 Å². The van der Waals surface area contributed by atoms with Gasteiger partial charge in [0, 0.05) is 42.9 Å². The van der Waals surface area contributed by atoms with Crippen LogP contribution in [0.3, 0.4) is 0 Å². The Kier molecular flexibility index (Phi) is 7.83. The lowest BCUT2D eigenvalue weighted by Gasteiger charge is -2.30. The van der Waals surface area contributed by atoms with E-state index in [1.807, 2.05) is 12.1 Å². The van der Waals surface area contributed by atoms with E-state index in [2.05, 4.69) is 23.2 Å². The number of halogens is 1. The first-order valence-electron chi connectivity index (χ1n) is 9.78. The van der Waals surface area contributed by atoms with Crippen molar-refractivity contribution in [3.8, 4) is 0 Å². The number of unbranched alkanes of at least 4 members (excludes halogenated alkanes) is 1. The number of amides is 3. The number of piperidine rings is 1. The average Bonchev–Trinajstić information content (AvgIpc) is 2.98. The summed E-state index contributed by atoms with van der Waals surface area (Å²) in [4.78, 5) is 40.5. The highest BCUT2D eigenvalue weighted by Gasteiger charge is 2.40. The van der Waals surface area contributed by atoms with Gasteiger partial charge >= 0.3 is 0 Å². The maximum absolute atomic E-state index is 12.9. The highest BCUT2D eigenvalue weighted by atomic mass is 35.5. The molecule has 0 radical (unpaired) electrons. The highest BCUT2D eigenvalue weighted by Crippen LogP contribution is 2.34. The van der Waals surface area contributed by atoms with Crippen LogP contribution in [-0.4, -0.2) is 48.3 Å². The quantitative estimate of drug-likeness (QED) is 0.505. The number of carbonyl (C=O) groups excluding carboxylic acids is 3. The van der Waals surface area contributed by atoms with Gasteiger partial charge in [-0.05, 0) is 44.4 Å². The van der Waals surface area contributed by atoms with Crippen molar-refractivity contribution in [1.82, 2.24) is 10.2 Å². The van der Waals surface area contributed by atoms with E-state index >= 15 is 0 Å². The molecule has 1 saturated heterocycles. The zero-order valence-electron chi connectivity index (χ0n) is 16.3. The number of anilines is 1. The summed E-state index contributed by atoms with van der Waals surface area (Å²) in [5.41, 5.74) is 8.34. The number of imide groups is 1. The lowest BCUT2D eigenvalue weighted by molar-refractivity contribution is -0.136. The molecular weight excluding hydrogens is 380 g/mol. The molecule has 1 unspecified atom stereocenters. The third-order valence-electron chi connectivity index (χ3n) is 5.27. The van der Waals surface area contributed by atoms with Gasteiger partial charge in [0.1, 0.15) is 6.04 Å². The summed E-state index contributed by atoms with van der Waals surface area (Å²) in [6.07, 6.45) is 3.64. The SMILES string of the molecule is CCCN(CCCCN)c1cccc2c1CN(C1CCC(=O)NC1=O)C2=O.Cl. The fourth-order valence-electron chi connectivity index (χ4n) is 3.94. The van der Waals surface area contributed by atoms with Crippen molar-refractivity contribution >= 4 is 35.8 Å². The molecule has 7 nitrogen and oxygen atoms in total. The van der Waals surface area contributed by atoms with Crippen LogP contribution in [0.2, 0.25) is 0 Å². The third kappa shape index (κ3) is 4.47. The molecule has 3 rings (SSSR count). The van der Waals surface area contributed by atoms with Gasteiger partial charge in [0.2, 0.25) is 11.8 Å². The summed E-state index contributed by atoms with van der Waals surface area (Å²) in [5, 5.41) is 2.35. The molecule has 1 aromatic rings. The third-order valence-corrected chi connectivity index (χ3v) is 5.27. The number of benzene rings is 1. The normalized spacial score (nSPS) is 18.6. The molecule has 2 aliphatic heterocycles. The Labute approximate surface area is 172 Å². The van der Waals surface area contributed by atoms with Crippen LogP contribution < -0.4 is 16.0 Å².